The topological polar surface area (TPSA) is 32.8 Å². The van der Waals surface area contributed by atoms with Crippen LogP contribution in [-0.4, -0.2) is 54.2 Å². The fourth-order valence-corrected chi connectivity index (χ4v) is 4.49. The number of carbonyl (C=O) groups excluding carboxylic acids is 1. The van der Waals surface area contributed by atoms with E-state index < -0.39 is 0 Å². The number of thioether (sulfide) groups is 1. The number of rotatable bonds is 5. The molecule has 0 saturated carbocycles. The molecule has 22 heavy (non-hydrogen) atoms. The molecule has 120 valence electrons. The number of methoxy groups -OCH3 is 1. The molecule has 0 N–H and O–H groups in total. The average Bonchev–Trinajstić information content (AvgIpc) is 3.15. The third-order valence-corrected chi connectivity index (χ3v) is 5.90. The summed E-state index contributed by atoms with van der Waals surface area (Å²) in [5.41, 5.74) is 1.19. The number of carbonyl (C=O) groups is 1. The summed E-state index contributed by atoms with van der Waals surface area (Å²) in [7, 11) is 1.67. The van der Waals surface area contributed by atoms with E-state index in [-0.39, 0.29) is 16.5 Å². The molecule has 4 nitrogen and oxygen atoms in total. The lowest BCUT2D eigenvalue weighted by molar-refractivity contribution is -0.130. The average molecular weight is 320 g/mol. The van der Waals surface area contributed by atoms with Gasteiger partial charge < -0.3 is 14.5 Å². The number of nitrogens with zero attached hydrogens (tertiary/aromatic N) is 2. The zero-order chi connectivity index (χ0) is 15.5. The van der Waals surface area contributed by atoms with Crippen LogP contribution in [0.3, 0.4) is 0 Å². The molecule has 2 saturated heterocycles. The van der Waals surface area contributed by atoms with Crippen molar-refractivity contribution in [2.24, 2.45) is 0 Å². The Morgan fingerprint density at radius 1 is 1.18 bits per heavy atom. The van der Waals surface area contributed by atoms with E-state index in [2.05, 4.69) is 21.9 Å². The summed E-state index contributed by atoms with van der Waals surface area (Å²) in [6.45, 7) is 6.19. The lowest BCUT2D eigenvalue weighted by Crippen LogP contribution is -2.37. The molecule has 0 unspecified atom stereocenters. The van der Waals surface area contributed by atoms with Crippen molar-refractivity contribution in [3.63, 3.8) is 0 Å². The second-order valence-electron chi connectivity index (χ2n) is 5.98. The van der Waals surface area contributed by atoms with Crippen LogP contribution in [0.1, 0.15) is 30.7 Å². The molecule has 2 aliphatic rings. The lowest BCUT2D eigenvalue weighted by Gasteiger charge is -2.26. The molecule has 3 rings (SSSR count). The molecule has 0 radical (unpaired) electrons. The fourth-order valence-electron chi connectivity index (χ4n) is 3.18. The van der Waals surface area contributed by atoms with Crippen LogP contribution in [0.25, 0.3) is 0 Å². The van der Waals surface area contributed by atoms with Crippen LogP contribution in [0.2, 0.25) is 0 Å². The van der Waals surface area contributed by atoms with Crippen molar-refractivity contribution in [2.75, 3.05) is 33.3 Å². The fraction of sp³-hybridized carbons (Fsp3) is 0.588. The second kappa shape index (κ2) is 6.92. The summed E-state index contributed by atoms with van der Waals surface area (Å²) in [4.78, 5) is 17.0. The number of benzene rings is 1. The third-order valence-electron chi connectivity index (χ3n) is 4.50. The molecule has 1 aromatic carbocycles. The highest BCUT2D eigenvalue weighted by atomic mass is 32.2. The van der Waals surface area contributed by atoms with Gasteiger partial charge in [-0.05, 0) is 50.6 Å². The normalized spacial score (nSPS) is 25.9. The van der Waals surface area contributed by atoms with Gasteiger partial charge in [-0.2, -0.15) is 0 Å². The largest absolute Gasteiger partial charge is 0.497 e. The predicted octanol–water partition coefficient (Wildman–Crippen LogP) is 2.75. The van der Waals surface area contributed by atoms with Crippen molar-refractivity contribution >= 4 is 17.7 Å². The molecule has 5 heteroatoms. The molecular formula is C17H24N2O2S. The van der Waals surface area contributed by atoms with E-state index in [1.165, 1.54) is 31.5 Å². The first-order valence-electron chi connectivity index (χ1n) is 8.01. The Balaban J connectivity index is 1.70. The van der Waals surface area contributed by atoms with Crippen LogP contribution in [0.5, 0.6) is 5.75 Å². The highest BCUT2D eigenvalue weighted by Crippen LogP contribution is 2.43. The van der Waals surface area contributed by atoms with E-state index in [1.807, 2.05) is 19.1 Å². The number of ether oxygens (including phenoxy) is 1. The SMILES string of the molecule is COc1ccc([C@@H]2S[C@H](C)C(=O)N2CCN2CCCC2)cc1. The van der Waals surface area contributed by atoms with E-state index in [0.717, 1.165) is 18.8 Å². The van der Waals surface area contributed by atoms with E-state index >= 15 is 0 Å². The van der Waals surface area contributed by atoms with Gasteiger partial charge in [0.1, 0.15) is 11.1 Å². The Hall–Kier alpha value is -1.20. The van der Waals surface area contributed by atoms with Gasteiger partial charge in [-0.1, -0.05) is 12.1 Å². The minimum atomic E-state index is 0.0469. The maximum absolute atomic E-state index is 12.5. The van der Waals surface area contributed by atoms with Gasteiger partial charge in [0.25, 0.3) is 0 Å². The number of hydrogen-bond donors (Lipinski definition) is 0. The van der Waals surface area contributed by atoms with E-state index in [4.69, 9.17) is 4.74 Å². The van der Waals surface area contributed by atoms with Crippen molar-refractivity contribution in [2.45, 2.75) is 30.4 Å². The third kappa shape index (κ3) is 3.25. The summed E-state index contributed by atoms with van der Waals surface area (Å²) in [6.07, 6.45) is 2.59. The van der Waals surface area contributed by atoms with Gasteiger partial charge in [0.05, 0.1) is 12.4 Å². The first-order valence-corrected chi connectivity index (χ1v) is 8.95. The highest BCUT2D eigenvalue weighted by molar-refractivity contribution is 8.01. The van der Waals surface area contributed by atoms with Crippen LogP contribution >= 0.6 is 11.8 Å². The van der Waals surface area contributed by atoms with Crippen LogP contribution in [0.15, 0.2) is 24.3 Å². The molecule has 2 heterocycles. The monoisotopic (exact) mass is 320 g/mol. The summed E-state index contributed by atoms with van der Waals surface area (Å²) in [6, 6.07) is 8.10. The maximum Gasteiger partial charge on any atom is 0.236 e. The first kappa shape index (κ1) is 15.7. The Morgan fingerprint density at radius 2 is 1.86 bits per heavy atom. The number of amides is 1. The molecule has 1 aromatic rings. The summed E-state index contributed by atoms with van der Waals surface area (Å²) in [5.74, 6) is 1.12. The second-order valence-corrected chi connectivity index (χ2v) is 7.41. The summed E-state index contributed by atoms with van der Waals surface area (Å²) in [5, 5.41) is 0.182. The van der Waals surface area contributed by atoms with Gasteiger partial charge in [0, 0.05) is 13.1 Å². The van der Waals surface area contributed by atoms with Gasteiger partial charge in [-0.3, -0.25) is 4.79 Å². The summed E-state index contributed by atoms with van der Waals surface area (Å²) < 4.78 is 5.22. The molecule has 0 aliphatic carbocycles. The first-order chi connectivity index (χ1) is 10.7. The van der Waals surface area contributed by atoms with Gasteiger partial charge in [0.2, 0.25) is 5.91 Å². The molecule has 0 aromatic heterocycles. The predicted molar refractivity (Wildman–Crippen MR) is 90.2 cm³/mol. The van der Waals surface area contributed by atoms with Gasteiger partial charge in [0.15, 0.2) is 0 Å². The molecule has 0 bridgehead atoms. The number of likely N-dealkylation sites (tertiary alicyclic amines) is 1. The van der Waals surface area contributed by atoms with Crippen LogP contribution < -0.4 is 4.74 Å². The van der Waals surface area contributed by atoms with Gasteiger partial charge >= 0.3 is 0 Å². The van der Waals surface area contributed by atoms with Gasteiger partial charge in [-0.15, -0.1) is 11.8 Å². The van der Waals surface area contributed by atoms with Crippen LogP contribution in [0.4, 0.5) is 0 Å². The smallest absolute Gasteiger partial charge is 0.236 e. The molecule has 0 spiro atoms. The highest BCUT2D eigenvalue weighted by Gasteiger charge is 2.38. The van der Waals surface area contributed by atoms with E-state index in [1.54, 1.807) is 18.9 Å². The van der Waals surface area contributed by atoms with Crippen molar-refractivity contribution < 1.29 is 9.53 Å². The Kier molecular flexibility index (Phi) is 4.93. The molecule has 2 fully saturated rings. The Morgan fingerprint density at radius 3 is 2.50 bits per heavy atom. The Bertz CT molecular complexity index is 514. The number of hydrogen-bond acceptors (Lipinski definition) is 4. The van der Waals surface area contributed by atoms with Crippen LogP contribution in [0, 0.1) is 0 Å². The molecule has 1 amide bonds. The summed E-state index contributed by atoms with van der Waals surface area (Å²) >= 11 is 1.75. The minimum absolute atomic E-state index is 0.0469. The van der Waals surface area contributed by atoms with E-state index in [0.29, 0.717) is 0 Å². The van der Waals surface area contributed by atoms with Crippen molar-refractivity contribution in [1.82, 2.24) is 9.80 Å². The molecule has 2 aliphatic heterocycles. The molecular weight excluding hydrogens is 296 g/mol. The quantitative estimate of drug-likeness (QED) is 0.835. The standard InChI is InChI=1S/C17H24N2O2S/c1-13-16(20)19(12-11-18-9-3-4-10-18)17(22-13)14-5-7-15(21-2)8-6-14/h5-8,13,17H,3-4,9-12H2,1-2H3/t13-,17+/m1/s1. The van der Waals surface area contributed by atoms with Crippen molar-refractivity contribution in [1.29, 1.82) is 0 Å². The van der Waals surface area contributed by atoms with Crippen molar-refractivity contribution in [3.05, 3.63) is 29.8 Å². The van der Waals surface area contributed by atoms with E-state index in [9.17, 15) is 4.79 Å². The maximum atomic E-state index is 12.5. The molecule has 2 atom stereocenters. The Labute approximate surface area is 136 Å². The van der Waals surface area contributed by atoms with Crippen LogP contribution in [-0.2, 0) is 4.79 Å². The minimum Gasteiger partial charge on any atom is -0.497 e. The zero-order valence-corrected chi connectivity index (χ0v) is 14.1. The lowest BCUT2D eigenvalue weighted by atomic mass is 10.2. The van der Waals surface area contributed by atoms with Gasteiger partial charge in [-0.25, -0.2) is 0 Å². The zero-order valence-electron chi connectivity index (χ0n) is 13.3. The van der Waals surface area contributed by atoms with Crippen molar-refractivity contribution in [3.8, 4) is 5.75 Å².